The standard InChI is InChI=1S/C11H13FO/c1-8-6-11(8,7-13)9-3-2-4-10(12)5-9/h2-5,8,13H,6-7H2,1H3/t8-,11-/m0/s1. The Morgan fingerprint density at radius 1 is 1.62 bits per heavy atom. The van der Waals surface area contributed by atoms with Crippen LogP contribution < -0.4 is 0 Å². The SMILES string of the molecule is C[C@H]1C[C@@]1(CO)c1cccc(F)c1. The lowest BCUT2D eigenvalue weighted by Crippen LogP contribution is -2.14. The van der Waals surface area contributed by atoms with E-state index in [-0.39, 0.29) is 17.8 Å². The van der Waals surface area contributed by atoms with Crippen molar-refractivity contribution in [3.8, 4) is 0 Å². The van der Waals surface area contributed by atoms with E-state index in [2.05, 4.69) is 6.92 Å². The van der Waals surface area contributed by atoms with Gasteiger partial charge in [-0.3, -0.25) is 0 Å². The zero-order chi connectivity index (χ0) is 9.47. The molecule has 0 amide bonds. The first-order chi connectivity index (χ1) is 6.19. The molecule has 1 fully saturated rings. The second-order valence-electron chi connectivity index (χ2n) is 3.93. The Morgan fingerprint density at radius 2 is 2.31 bits per heavy atom. The predicted octanol–water partition coefficient (Wildman–Crippen LogP) is 2.10. The number of hydrogen-bond donors (Lipinski definition) is 1. The molecule has 1 saturated carbocycles. The van der Waals surface area contributed by atoms with Crippen molar-refractivity contribution in [2.24, 2.45) is 5.92 Å². The molecule has 13 heavy (non-hydrogen) atoms. The molecule has 0 aliphatic heterocycles. The lowest BCUT2D eigenvalue weighted by molar-refractivity contribution is 0.247. The summed E-state index contributed by atoms with van der Waals surface area (Å²) in [6, 6.07) is 6.55. The minimum Gasteiger partial charge on any atom is -0.395 e. The Morgan fingerprint density at radius 3 is 2.77 bits per heavy atom. The van der Waals surface area contributed by atoms with E-state index in [1.165, 1.54) is 12.1 Å². The second-order valence-corrected chi connectivity index (χ2v) is 3.93. The molecule has 0 aromatic heterocycles. The number of benzene rings is 1. The fourth-order valence-corrected chi connectivity index (χ4v) is 2.00. The third-order valence-electron chi connectivity index (χ3n) is 3.14. The van der Waals surface area contributed by atoms with Crippen LogP contribution >= 0.6 is 0 Å². The van der Waals surface area contributed by atoms with Crippen molar-refractivity contribution >= 4 is 0 Å². The maximum absolute atomic E-state index is 12.9. The molecular formula is C11H13FO. The molecule has 0 saturated heterocycles. The van der Waals surface area contributed by atoms with Crippen molar-refractivity contribution in [3.05, 3.63) is 35.6 Å². The molecule has 1 aromatic rings. The van der Waals surface area contributed by atoms with Gasteiger partial charge < -0.3 is 5.11 Å². The number of rotatable bonds is 2. The molecule has 1 aliphatic rings. The minimum absolute atomic E-state index is 0.123. The fraction of sp³-hybridized carbons (Fsp3) is 0.455. The Hall–Kier alpha value is -0.890. The van der Waals surface area contributed by atoms with Gasteiger partial charge in [-0.1, -0.05) is 19.1 Å². The third-order valence-corrected chi connectivity index (χ3v) is 3.14. The molecule has 2 heteroatoms. The lowest BCUT2D eigenvalue weighted by atomic mass is 9.94. The molecule has 0 spiro atoms. The van der Waals surface area contributed by atoms with E-state index in [1.807, 2.05) is 6.07 Å². The Balaban J connectivity index is 2.35. The zero-order valence-corrected chi connectivity index (χ0v) is 7.63. The van der Waals surface area contributed by atoms with Crippen LogP contribution in [0.5, 0.6) is 0 Å². The highest BCUT2D eigenvalue weighted by atomic mass is 19.1. The minimum atomic E-state index is -0.218. The normalized spacial score (nSPS) is 31.8. The first-order valence-corrected chi connectivity index (χ1v) is 4.56. The average Bonchev–Trinajstić information content (AvgIpc) is 2.78. The van der Waals surface area contributed by atoms with Gasteiger partial charge in [0.15, 0.2) is 0 Å². The van der Waals surface area contributed by atoms with E-state index in [0.29, 0.717) is 5.92 Å². The highest BCUT2D eigenvalue weighted by Gasteiger charge is 2.51. The summed E-state index contributed by atoms with van der Waals surface area (Å²) >= 11 is 0. The molecular weight excluding hydrogens is 167 g/mol. The highest BCUT2D eigenvalue weighted by molar-refractivity contribution is 5.33. The predicted molar refractivity (Wildman–Crippen MR) is 48.9 cm³/mol. The summed E-state index contributed by atoms with van der Waals surface area (Å²) in [7, 11) is 0. The van der Waals surface area contributed by atoms with E-state index in [0.717, 1.165) is 12.0 Å². The first-order valence-electron chi connectivity index (χ1n) is 4.56. The van der Waals surface area contributed by atoms with Crippen molar-refractivity contribution in [2.75, 3.05) is 6.61 Å². The molecule has 1 nitrogen and oxygen atoms in total. The summed E-state index contributed by atoms with van der Waals surface area (Å²) in [5, 5.41) is 9.25. The summed E-state index contributed by atoms with van der Waals surface area (Å²) in [4.78, 5) is 0. The van der Waals surface area contributed by atoms with Crippen LogP contribution in [0.2, 0.25) is 0 Å². The Kier molecular flexibility index (Phi) is 1.88. The van der Waals surface area contributed by atoms with Crippen LogP contribution in [-0.2, 0) is 5.41 Å². The molecule has 0 unspecified atom stereocenters. The average molecular weight is 180 g/mol. The lowest BCUT2D eigenvalue weighted by Gasteiger charge is -2.13. The van der Waals surface area contributed by atoms with Gasteiger partial charge >= 0.3 is 0 Å². The van der Waals surface area contributed by atoms with Gasteiger partial charge in [0.25, 0.3) is 0 Å². The molecule has 1 N–H and O–H groups in total. The molecule has 1 aromatic carbocycles. The molecule has 0 bridgehead atoms. The van der Waals surface area contributed by atoms with Gasteiger partial charge in [0.1, 0.15) is 5.82 Å². The van der Waals surface area contributed by atoms with Crippen molar-refractivity contribution in [3.63, 3.8) is 0 Å². The van der Waals surface area contributed by atoms with E-state index in [1.54, 1.807) is 6.07 Å². The molecule has 2 atom stereocenters. The van der Waals surface area contributed by atoms with Crippen LogP contribution in [0, 0.1) is 11.7 Å². The molecule has 2 rings (SSSR count). The largest absolute Gasteiger partial charge is 0.395 e. The molecule has 1 aliphatic carbocycles. The van der Waals surface area contributed by atoms with E-state index < -0.39 is 0 Å². The Labute approximate surface area is 77.2 Å². The van der Waals surface area contributed by atoms with Gasteiger partial charge in [0.2, 0.25) is 0 Å². The second kappa shape index (κ2) is 2.81. The van der Waals surface area contributed by atoms with Crippen LogP contribution in [0.3, 0.4) is 0 Å². The summed E-state index contributed by atoms with van der Waals surface area (Å²) in [6.45, 7) is 2.21. The third kappa shape index (κ3) is 1.25. The summed E-state index contributed by atoms with van der Waals surface area (Å²) in [5.41, 5.74) is 0.782. The number of aliphatic hydroxyl groups excluding tert-OH is 1. The van der Waals surface area contributed by atoms with E-state index in [9.17, 15) is 9.50 Å². The monoisotopic (exact) mass is 180 g/mol. The van der Waals surface area contributed by atoms with Gasteiger partial charge in [0.05, 0.1) is 6.61 Å². The molecule has 70 valence electrons. The van der Waals surface area contributed by atoms with Gasteiger partial charge in [-0.2, -0.15) is 0 Å². The maximum atomic E-state index is 12.9. The van der Waals surface area contributed by atoms with Gasteiger partial charge in [-0.25, -0.2) is 4.39 Å². The van der Waals surface area contributed by atoms with Gasteiger partial charge in [-0.15, -0.1) is 0 Å². The summed E-state index contributed by atoms with van der Waals surface area (Å²) in [6.07, 6.45) is 0.965. The highest BCUT2D eigenvalue weighted by Crippen LogP contribution is 2.53. The fourth-order valence-electron chi connectivity index (χ4n) is 2.00. The first kappa shape index (κ1) is 8.70. The van der Waals surface area contributed by atoms with Crippen LogP contribution in [0.25, 0.3) is 0 Å². The van der Waals surface area contributed by atoms with Gasteiger partial charge in [-0.05, 0) is 30.0 Å². The van der Waals surface area contributed by atoms with E-state index in [4.69, 9.17) is 0 Å². The Bertz CT molecular complexity index is 320. The van der Waals surface area contributed by atoms with Crippen molar-refractivity contribution < 1.29 is 9.50 Å². The molecule has 0 heterocycles. The topological polar surface area (TPSA) is 20.2 Å². The summed E-state index contributed by atoms with van der Waals surface area (Å²) < 4.78 is 12.9. The molecule has 0 radical (unpaired) electrons. The van der Waals surface area contributed by atoms with Crippen molar-refractivity contribution in [2.45, 2.75) is 18.8 Å². The zero-order valence-electron chi connectivity index (χ0n) is 7.63. The van der Waals surface area contributed by atoms with Crippen molar-refractivity contribution in [1.82, 2.24) is 0 Å². The maximum Gasteiger partial charge on any atom is 0.123 e. The number of hydrogen-bond acceptors (Lipinski definition) is 1. The summed E-state index contributed by atoms with van der Waals surface area (Å²) in [5.74, 6) is 0.253. The van der Waals surface area contributed by atoms with Crippen LogP contribution in [0.4, 0.5) is 4.39 Å². The smallest absolute Gasteiger partial charge is 0.123 e. The van der Waals surface area contributed by atoms with Crippen LogP contribution in [0.15, 0.2) is 24.3 Å². The number of halogens is 1. The van der Waals surface area contributed by atoms with Crippen molar-refractivity contribution in [1.29, 1.82) is 0 Å². The number of aliphatic hydroxyl groups is 1. The quantitative estimate of drug-likeness (QED) is 0.739. The van der Waals surface area contributed by atoms with Gasteiger partial charge in [0, 0.05) is 5.41 Å². The van der Waals surface area contributed by atoms with E-state index >= 15 is 0 Å². The van der Waals surface area contributed by atoms with Crippen LogP contribution in [0.1, 0.15) is 18.9 Å². The van der Waals surface area contributed by atoms with Crippen LogP contribution in [-0.4, -0.2) is 11.7 Å².